The molecule has 3 heterocycles. The van der Waals surface area contributed by atoms with E-state index in [1.54, 1.807) is 25.1 Å². The van der Waals surface area contributed by atoms with Crippen LogP contribution in [0.5, 0.6) is 5.88 Å². The van der Waals surface area contributed by atoms with Crippen LogP contribution in [0.4, 0.5) is 5.69 Å². The number of fused-ring (bicyclic) bond motifs is 4. The molecule has 9 nitrogen and oxygen atoms in total. The standard InChI is InChI=1S/C21H16ClN5O4/c1-11-15-19(26(25-11)12-7-4-3-5-8-12)31-18(23-2)17(27(29)30)21(15)16-13(22)9-6-10-14(16)24-20(21)28/h3-10,23H,1-2H3,(H,24,28). The number of hydrogen-bond donors (Lipinski definition) is 2. The van der Waals surface area contributed by atoms with Crippen molar-refractivity contribution >= 4 is 23.2 Å². The molecule has 31 heavy (non-hydrogen) atoms. The van der Waals surface area contributed by atoms with E-state index in [1.807, 2.05) is 30.3 Å². The fraction of sp³-hybridized carbons (Fsp3) is 0.143. The summed E-state index contributed by atoms with van der Waals surface area (Å²) in [7, 11) is 1.49. The summed E-state index contributed by atoms with van der Waals surface area (Å²) in [6.45, 7) is 1.69. The summed E-state index contributed by atoms with van der Waals surface area (Å²) in [4.78, 5) is 25.3. The van der Waals surface area contributed by atoms with Crippen LogP contribution in [0.25, 0.3) is 5.69 Å². The number of carbonyl (C=O) groups is 1. The number of carbonyl (C=O) groups excluding carboxylic acids is 1. The second-order valence-electron chi connectivity index (χ2n) is 7.17. The minimum Gasteiger partial charge on any atom is -0.416 e. The van der Waals surface area contributed by atoms with E-state index in [-0.39, 0.29) is 22.3 Å². The van der Waals surface area contributed by atoms with Crippen LogP contribution >= 0.6 is 11.6 Å². The van der Waals surface area contributed by atoms with Gasteiger partial charge in [-0.25, -0.2) is 4.68 Å². The lowest BCUT2D eigenvalue weighted by molar-refractivity contribution is -0.436. The van der Waals surface area contributed by atoms with Gasteiger partial charge in [-0.05, 0) is 31.2 Å². The number of benzene rings is 2. The smallest absolute Gasteiger partial charge is 0.330 e. The molecule has 0 saturated carbocycles. The molecule has 2 N–H and O–H groups in total. The SMILES string of the molecule is CNC1=C([N+](=O)[O-])C2(C(=O)Nc3cccc(Cl)c32)c2c(C)nn(-c3ccccc3)c2O1. The van der Waals surface area contributed by atoms with Gasteiger partial charge in [0.25, 0.3) is 11.8 Å². The Kier molecular flexibility index (Phi) is 4.06. The number of rotatable bonds is 3. The Bertz CT molecular complexity index is 1300. The molecule has 2 aliphatic heterocycles. The summed E-state index contributed by atoms with van der Waals surface area (Å²) < 4.78 is 7.49. The van der Waals surface area contributed by atoms with Gasteiger partial charge in [-0.3, -0.25) is 14.9 Å². The first-order valence-corrected chi connectivity index (χ1v) is 9.79. The highest BCUT2D eigenvalue weighted by Gasteiger charge is 2.65. The van der Waals surface area contributed by atoms with E-state index in [0.717, 1.165) is 0 Å². The van der Waals surface area contributed by atoms with Gasteiger partial charge in [0.15, 0.2) is 0 Å². The predicted octanol–water partition coefficient (Wildman–Crippen LogP) is 3.13. The number of aromatic nitrogens is 2. The average Bonchev–Trinajstić information content (AvgIpc) is 3.24. The van der Waals surface area contributed by atoms with Gasteiger partial charge in [0.1, 0.15) is 0 Å². The maximum absolute atomic E-state index is 13.6. The monoisotopic (exact) mass is 437 g/mol. The van der Waals surface area contributed by atoms with E-state index in [9.17, 15) is 14.9 Å². The van der Waals surface area contributed by atoms with Gasteiger partial charge in [-0.1, -0.05) is 35.9 Å². The lowest BCUT2D eigenvalue weighted by Crippen LogP contribution is -2.46. The molecule has 3 aromatic rings. The first-order valence-electron chi connectivity index (χ1n) is 9.42. The summed E-state index contributed by atoms with van der Waals surface area (Å²) >= 11 is 6.54. The molecule has 0 aliphatic carbocycles. The zero-order valence-corrected chi connectivity index (χ0v) is 17.2. The number of halogens is 1. The molecule has 1 aromatic heterocycles. The molecule has 1 unspecified atom stereocenters. The number of hydrogen-bond acceptors (Lipinski definition) is 6. The van der Waals surface area contributed by atoms with Crippen molar-refractivity contribution in [2.45, 2.75) is 12.3 Å². The Morgan fingerprint density at radius 3 is 2.61 bits per heavy atom. The number of nitrogens with one attached hydrogen (secondary N) is 2. The number of ether oxygens (including phenoxy) is 1. The second kappa shape index (κ2) is 6.58. The number of amides is 1. The molecular weight excluding hydrogens is 422 g/mol. The molecule has 2 aromatic carbocycles. The quantitative estimate of drug-likeness (QED) is 0.481. The summed E-state index contributed by atoms with van der Waals surface area (Å²) in [5.41, 5.74) is -0.182. The Balaban J connectivity index is 1.95. The number of nitro groups is 1. The third-order valence-corrected chi connectivity index (χ3v) is 5.86. The Morgan fingerprint density at radius 2 is 1.94 bits per heavy atom. The molecule has 1 spiro atoms. The van der Waals surface area contributed by atoms with E-state index >= 15 is 0 Å². The molecular formula is C21H16ClN5O4. The number of nitrogens with zero attached hydrogens (tertiary/aromatic N) is 3. The average molecular weight is 438 g/mol. The van der Waals surface area contributed by atoms with E-state index in [4.69, 9.17) is 16.3 Å². The zero-order chi connectivity index (χ0) is 21.9. The van der Waals surface area contributed by atoms with Crippen molar-refractivity contribution in [3.63, 3.8) is 0 Å². The van der Waals surface area contributed by atoms with Gasteiger partial charge in [0.05, 0.1) is 21.9 Å². The van der Waals surface area contributed by atoms with Crippen LogP contribution in [-0.2, 0) is 10.2 Å². The third kappa shape index (κ3) is 2.37. The highest BCUT2D eigenvalue weighted by atomic mass is 35.5. The van der Waals surface area contributed by atoms with Gasteiger partial charge in [0.2, 0.25) is 11.3 Å². The van der Waals surface area contributed by atoms with E-state index in [2.05, 4.69) is 15.7 Å². The van der Waals surface area contributed by atoms with Gasteiger partial charge in [0, 0.05) is 23.3 Å². The molecule has 0 fully saturated rings. The van der Waals surface area contributed by atoms with Crippen molar-refractivity contribution in [3.8, 4) is 11.6 Å². The molecule has 5 rings (SSSR count). The zero-order valence-electron chi connectivity index (χ0n) is 16.5. The third-order valence-electron chi connectivity index (χ3n) is 5.55. The molecule has 0 saturated heterocycles. The number of aryl methyl sites for hydroxylation is 1. The molecule has 1 atom stereocenters. The summed E-state index contributed by atoms with van der Waals surface area (Å²) in [5, 5.41) is 22.6. The van der Waals surface area contributed by atoms with Crippen molar-refractivity contribution in [2.75, 3.05) is 12.4 Å². The first-order chi connectivity index (χ1) is 14.9. The lowest BCUT2D eigenvalue weighted by atomic mass is 9.71. The molecule has 0 radical (unpaired) electrons. The van der Waals surface area contributed by atoms with Crippen LogP contribution in [0.2, 0.25) is 5.02 Å². The fourth-order valence-electron chi connectivity index (χ4n) is 4.40. The summed E-state index contributed by atoms with van der Waals surface area (Å²) in [5.74, 6) is -0.533. The topological polar surface area (TPSA) is 111 Å². The Labute approximate surface area is 181 Å². The lowest BCUT2D eigenvalue weighted by Gasteiger charge is -2.31. The number of anilines is 1. The highest BCUT2D eigenvalue weighted by molar-refractivity contribution is 6.33. The maximum Gasteiger partial charge on any atom is 0.330 e. The van der Waals surface area contributed by atoms with E-state index in [1.165, 1.54) is 11.7 Å². The van der Waals surface area contributed by atoms with Crippen molar-refractivity contribution in [3.05, 3.63) is 92.1 Å². The van der Waals surface area contributed by atoms with Gasteiger partial charge < -0.3 is 15.4 Å². The van der Waals surface area contributed by atoms with Crippen molar-refractivity contribution < 1.29 is 14.5 Å². The molecule has 156 valence electrons. The van der Waals surface area contributed by atoms with Crippen LogP contribution in [-0.4, -0.2) is 27.7 Å². The number of para-hydroxylation sites is 1. The van der Waals surface area contributed by atoms with Crippen molar-refractivity contribution in [1.29, 1.82) is 0 Å². The normalized spacial score (nSPS) is 19.0. The second-order valence-corrected chi connectivity index (χ2v) is 7.57. The van der Waals surface area contributed by atoms with Crippen LogP contribution in [0, 0.1) is 17.0 Å². The highest BCUT2D eigenvalue weighted by Crippen LogP contribution is 2.56. The first kappa shape index (κ1) is 19.1. The fourth-order valence-corrected chi connectivity index (χ4v) is 4.72. The van der Waals surface area contributed by atoms with Crippen LogP contribution in [0.15, 0.2) is 60.1 Å². The van der Waals surface area contributed by atoms with Gasteiger partial charge in [-0.15, -0.1) is 0 Å². The Hall–Kier alpha value is -3.85. The van der Waals surface area contributed by atoms with E-state index in [0.29, 0.717) is 22.6 Å². The molecule has 2 aliphatic rings. The molecule has 10 heteroatoms. The summed E-state index contributed by atoms with van der Waals surface area (Å²) in [6, 6.07) is 14.1. The minimum atomic E-state index is -1.83. The van der Waals surface area contributed by atoms with E-state index < -0.39 is 21.9 Å². The molecule has 1 amide bonds. The van der Waals surface area contributed by atoms with Crippen molar-refractivity contribution in [1.82, 2.24) is 15.1 Å². The predicted molar refractivity (Wildman–Crippen MR) is 113 cm³/mol. The van der Waals surface area contributed by atoms with Crippen LogP contribution in [0.1, 0.15) is 16.8 Å². The molecule has 0 bridgehead atoms. The minimum absolute atomic E-state index is 0.155. The van der Waals surface area contributed by atoms with Gasteiger partial charge >= 0.3 is 5.70 Å². The van der Waals surface area contributed by atoms with Crippen molar-refractivity contribution in [2.24, 2.45) is 0 Å². The van der Waals surface area contributed by atoms with Crippen LogP contribution < -0.4 is 15.4 Å². The summed E-state index contributed by atoms with van der Waals surface area (Å²) in [6.07, 6.45) is 0. The Morgan fingerprint density at radius 1 is 1.19 bits per heavy atom. The largest absolute Gasteiger partial charge is 0.416 e. The van der Waals surface area contributed by atoms with Gasteiger partial charge in [-0.2, -0.15) is 5.10 Å². The maximum atomic E-state index is 13.6. The van der Waals surface area contributed by atoms with Crippen LogP contribution in [0.3, 0.4) is 0 Å².